The molecule has 1 atom stereocenters. The second-order valence-corrected chi connectivity index (χ2v) is 6.87. The standard InChI is InChI=1S/C16H17NO3S/c1-16(2,15(19)20)21-13-7-5-11(6-8-13)14(18)12-4-3-9-17-10-12/h3-10,14,18H,1-2H3,(H,19,20). The summed E-state index contributed by atoms with van der Waals surface area (Å²) < 4.78 is -0.885. The lowest BCUT2D eigenvalue weighted by Gasteiger charge is -2.19. The minimum atomic E-state index is -0.885. The molecule has 2 aromatic rings. The number of benzene rings is 1. The number of nitrogens with zero attached hydrogens (tertiary/aromatic N) is 1. The van der Waals surface area contributed by atoms with E-state index in [0.29, 0.717) is 0 Å². The topological polar surface area (TPSA) is 70.4 Å². The largest absolute Gasteiger partial charge is 0.480 e. The summed E-state index contributed by atoms with van der Waals surface area (Å²) in [5.74, 6) is -0.855. The first kappa shape index (κ1) is 15.5. The molecule has 1 aromatic carbocycles. The smallest absolute Gasteiger partial charge is 0.319 e. The molecule has 21 heavy (non-hydrogen) atoms. The molecule has 5 heteroatoms. The van der Waals surface area contributed by atoms with E-state index < -0.39 is 16.8 Å². The molecule has 110 valence electrons. The van der Waals surface area contributed by atoms with Crippen molar-refractivity contribution >= 4 is 17.7 Å². The van der Waals surface area contributed by atoms with Gasteiger partial charge in [0.05, 0.1) is 0 Å². The Morgan fingerprint density at radius 1 is 1.19 bits per heavy atom. The Bertz CT molecular complexity index is 611. The van der Waals surface area contributed by atoms with E-state index in [0.717, 1.165) is 16.0 Å². The summed E-state index contributed by atoms with van der Waals surface area (Å²) in [5, 5.41) is 19.4. The molecule has 1 unspecified atom stereocenters. The minimum Gasteiger partial charge on any atom is -0.480 e. The molecule has 0 aliphatic heterocycles. The molecule has 0 radical (unpaired) electrons. The summed E-state index contributed by atoms with van der Waals surface area (Å²) >= 11 is 1.28. The van der Waals surface area contributed by atoms with Crippen LogP contribution in [0.1, 0.15) is 31.1 Å². The summed E-state index contributed by atoms with van der Waals surface area (Å²) in [5.41, 5.74) is 1.48. The highest BCUT2D eigenvalue weighted by Gasteiger charge is 2.28. The van der Waals surface area contributed by atoms with E-state index >= 15 is 0 Å². The lowest BCUT2D eigenvalue weighted by Crippen LogP contribution is -2.26. The van der Waals surface area contributed by atoms with Crippen LogP contribution < -0.4 is 0 Å². The summed E-state index contributed by atoms with van der Waals surface area (Å²) in [6.45, 7) is 3.33. The van der Waals surface area contributed by atoms with Gasteiger partial charge in [0.15, 0.2) is 0 Å². The third kappa shape index (κ3) is 3.83. The van der Waals surface area contributed by atoms with Crippen LogP contribution in [0.2, 0.25) is 0 Å². The normalized spacial score (nSPS) is 12.9. The minimum absolute atomic E-state index is 0.726. The van der Waals surface area contributed by atoms with E-state index in [2.05, 4.69) is 4.98 Å². The number of carbonyl (C=O) groups is 1. The van der Waals surface area contributed by atoms with Crippen LogP contribution >= 0.6 is 11.8 Å². The summed E-state index contributed by atoms with van der Waals surface area (Å²) in [6.07, 6.45) is 2.55. The van der Waals surface area contributed by atoms with Gasteiger partial charge in [0.2, 0.25) is 0 Å². The number of thioether (sulfide) groups is 1. The van der Waals surface area contributed by atoms with Gasteiger partial charge in [0.25, 0.3) is 0 Å². The predicted octanol–water partition coefficient (Wildman–Crippen LogP) is 3.12. The Labute approximate surface area is 127 Å². The molecule has 2 rings (SSSR count). The van der Waals surface area contributed by atoms with E-state index in [1.807, 2.05) is 18.2 Å². The highest BCUT2D eigenvalue weighted by molar-refractivity contribution is 8.01. The number of hydrogen-bond donors (Lipinski definition) is 2. The molecule has 0 bridgehead atoms. The molecule has 0 saturated carbocycles. The van der Waals surface area contributed by atoms with Gasteiger partial charge in [-0.3, -0.25) is 9.78 Å². The van der Waals surface area contributed by atoms with Gasteiger partial charge in [-0.1, -0.05) is 18.2 Å². The fourth-order valence-electron chi connectivity index (χ4n) is 1.79. The fraction of sp³-hybridized carbons (Fsp3) is 0.250. The summed E-state index contributed by atoms with van der Waals surface area (Å²) in [6, 6.07) is 10.8. The third-order valence-corrected chi connectivity index (χ3v) is 4.28. The lowest BCUT2D eigenvalue weighted by molar-refractivity contribution is -0.138. The van der Waals surface area contributed by atoms with Crippen LogP contribution in [0.5, 0.6) is 0 Å². The molecule has 1 aromatic heterocycles. The Kier molecular flexibility index (Phi) is 4.65. The van der Waals surface area contributed by atoms with E-state index in [1.165, 1.54) is 11.8 Å². The number of aliphatic hydroxyl groups is 1. The average Bonchev–Trinajstić information content (AvgIpc) is 2.48. The zero-order valence-corrected chi connectivity index (χ0v) is 12.7. The molecule has 0 spiro atoms. The van der Waals surface area contributed by atoms with Crippen molar-refractivity contribution in [1.29, 1.82) is 0 Å². The fourth-order valence-corrected chi connectivity index (χ4v) is 2.74. The zero-order chi connectivity index (χ0) is 15.5. The summed E-state index contributed by atoms with van der Waals surface area (Å²) in [4.78, 5) is 16.0. The third-order valence-electron chi connectivity index (χ3n) is 3.08. The maximum atomic E-state index is 11.1. The Morgan fingerprint density at radius 2 is 1.86 bits per heavy atom. The van der Waals surface area contributed by atoms with Gasteiger partial charge in [0.1, 0.15) is 10.9 Å². The van der Waals surface area contributed by atoms with Crippen molar-refractivity contribution in [1.82, 2.24) is 4.98 Å². The number of rotatable bonds is 5. The van der Waals surface area contributed by atoms with Gasteiger partial charge in [-0.05, 0) is 37.6 Å². The van der Waals surface area contributed by atoms with Gasteiger partial charge >= 0.3 is 5.97 Å². The van der Waals surface area contributed by atoms with Crippen molar-refractivity contribution < 1.29 is 15.0 Å². The molecule has 0 amide bonds. The number of aromatic nitrogens is 1. The number of pyridine rings is 1. The van der Waals surface area contributed by atoms with Gasteiger partial charge in [-0.2, -0.15) is 0 Å². The quantitative estimate of drug-likeness (QED) is 0.831. The van der Waals surface area contributed by atoms with E-state index in [9.17, 15) is 9.90 Å². The number of aliphatic hydroxyl groups excluding tert-OH is 1. The van der Waals surface area contributed by atoms with E-state index in [4.69, 9.17) is 5.11 Å². The molecule has 0 aliphatic rings. The number of hydrogen-bond acceptors (Lipinski definition) is 4. The SMILES string of the molecule is CC(C)(Sc1ccc(C(O)c2cccnc2)cc1)C(=O)O. The van der Waals surface area contributed by atoms with Crippen LogP contribution in [0.3, 0.4) is 0 Å². The van der Waals surface area contributed by atoms with Crippen LogP contribution in [-0.2, 0) is 4.79 Å². The molecular formula is C16H17NO3S. The highest BCUT2D eigenvalue weighted by atomic mass is 32.2. The van der Waals surface area contributed by atoms with E-state index in [1.54, 1.807) is 44.4 Å². The maximum Gasteiger partial charge on any atom is 0.319 e. The van der Waals surface area contributed by atoms with Crippen molar-refractivity contribution in [2.24, 2.45) is 0 Å². The Balaban J connectivity index is 2.14. The second-order valence-electron chi connectivity index (χ2n) is 5.18. The number of carboxylic acids is 1. The van der Waals surface area contributed by atoms with Crippen molar-refractivity contribution in [3.8, 4) is 0 Å². The first-order chi connectivity index (χ1) is 9.90. The molecule has 0 fully saturated rings. The monoisotopic (exact) mass is 303 g/mol. The maximum absolute atomic E-state index is 11.1. The van der Waals surface area contributed by atoms with Crippen LogP contribution in [0.25, 0.3) is 0 Å². The van der Waals surface area contributed by atoms with Crippen LogP contribution in [0.4, 0.5) is 0 Å². The van der Waals surface area contributed by atoms with Gasteiger partial charge in [0, 0.05) is 22.9 Å². The average molecular weight is 303 g/mol. The lowest BCUT2D eigenvalue weighted by atomic mass is 10.0. The van der Waals surface area contributed by atoms with Crippen molar-refractivity contribution in [3.05, 3.63) is 59.9 Å². The highest BCUT2D eigenvalue weighted by Crippen LogP contribution is 2.33. The first-order valence-corrected chi connectivity index (χ1v) is 7.32. The number of carboxylic acid groups (broad SMARTS) is 1. The zero-order valence-electron chi connectivity index (χ0n) is 11.9. The van der Waals surface area contributed by atoms with Gasteiger partial charge < -0.3 is 10.2 Å². The number of aliphatic carboxylic acids is 1. The Hall–Kier alpha value is -1.85. The molecule has 0 aliphatic carbocycles. The Morgan fingerprint density at radius 3 is 2.38 bits per heavy atom. The predicted molar refractivity (Wildman–Crippen MR) is 82.3 cm³/mol. The molecule has 4 nitrogen and oxygen atoms in total. The van der Waals surface area contributed by atoms with Crippen LogP contribution in [0.15, 0.2) is 53.7 Å². The molecule has 1 heterocycles. The first-order valence-electron chi connectivity index (χ1n) is 6.50. The second kappa shape index (κ2) is 6.28. The van der Waals surface area contributed by atoms with Crippen molar-refractivity contribution in [2.75, 3.05) is 0 Å². The van der Waals surface area contributed by atoms with Crippen molar-refractivity contribution in [3.63, 3.8) is 0 Å². The molecular weight excluding hydrogens is 286 g/mol. The van der Waals surface area contributed by atoms with Gasteiger partial charge in [-0.25, -0.2) is 0 Å². The molecule has 2 N–H and O–H groups in total. The van der Waals surface area contributed by atoms with Crippen LogP contribution in [-0.4, -0.2) is 25.9 Å². The van der Waals surface area contributed by atoms with Crippen molar-refractivity contribution in [2.45, 2.75) is 29.6 Å². The molecule has 0 saturated heterocycles. The van der Waals surface area contributed by atoms with Gasteiger partial charge in [-0.15, -0.1) is 11.8 Å². The van der Waals surface area contributed by atoms with Crippen LogP contribution in [0, 0.1) is 0 Å². The summed E-state index contributed by atoms with van der Waals surface area (Å²) in [7, 11) is 0. The van der Waals surface area contributed by atoms with E-state index in [-0.39, 0.29) is 0 Å².